The second-order valence-electron chi connectivity index (χ2n) is 13.2. The summed E-state index contributed by atoms with van der Waals surface area (Å²) in [5.74, 6) is -5.73. The quantitative estimate of drug-likeness (QED) is 0.300. The van der Waals surface area contributed by atoms with Crippen molar-refractivity contribution in [2.24, 2.45) is 0 Å². The van der Waals surface area contributed by atoms with Gasteiger partial charge in [-0.3, -0.25) is 4.79 Å². The van der Waals surface area contributed by atoms with E-state index in [9.17, 15) is 27.2 Å². The lowest BCUT2D eigenvalue weighted by Gasteiger charge is -2.37. The molecule has 4 heterocycles. The van der Waals surface area contributed by atoms with Crippen LogP contribution in [0.1, 0.15) is 81.5 Å². The van der Waals surface area contributed by atoms with E-state index in [2.05, 4.69) is 25.4 Å². The minimum atomic E-state index is -3.21. The number of alkyl halides is 2. The number of carbonyl (C=O) groups excluding carboxylic acids is 2. The average Bonchev–Trinajstić information content (AvgIpc) is 3.69. The Kier molecular flexibility index (Phi) is 10.1. The Morgan fingerprint density at radius 2 is 1.75 bits per heavy atom. The lowest BCUT2D eigenvalue weighted by Crippen LogP contribution is -2.48. The number of nitrogens with zero attached hydrogens (tertiary/aromatic N) is 7. The summed E-state index contributed by atoms with van der Waals surface area (Å²) in [6.07, 6.45) is 4.00. The number of nitrogens with one attached hydrogen (secondary N) is 1. The van der Waals surface area contributed by atoms with Crippen molar-refractivity contribution >= 4 is 24.0 Å². The van der Waals surface area contributed by atoms with Crippen LogP contribution in [-0.4, -0.2) is 87.4 Å². The number of rotatable bonds is 9. The molecule has 0 bridgehead atoms. The minimum absolute atomic E-state index is 0.0233. The van der Waals surface area contributed by atoms with Crippen LogP contribution in [0.4, 0.5) is 34.3 Å². The molecule has 2 unspecified atom stereocenters. The van der Waals surface area contributed by atoms with E-state index in [0.29, 0.717) is 45.8 Å². The molecule has 16 heteroatoms. The first kappa shape index (κ1) is 34.8. The fourth-order valence-electron chi connectivity index (χ4n) is 6.03. The average molecular weight is 677 g/mol. The Labute approximate surface area is 275 Å². The van der Waals surface area contributed by atoms with Crippen molar-refractivity contribution in [1.29, 1.82) is 0 Å². The second kappa shape index (κ2) is 13.9. The van der Waals surface area contributed by atoms with Crippen molar-refractivity contribution < 1.29 is 36.4 Å². The standard InChI is InChI=1S/C32H40F4N8O4/c1-6-11-44(21-9-12-42(13-10-21)29-40-27(41-48-29)32(5,35)36)26(45)19-15-37-28(38-16-19)43-17-23(22-14-20(33)7-8-24(22)34)25(18-43)39-30(46)47-31(2,3)4/h7-8,14-16,21,23,25H,6,9-13,17-18H2,1-5H3,(H,39,46). The molecule has 2 amide bonds. The number of aromatic nitrogens is 4. The molecule has 2 atom stereocenters. The van der Waals surface area contributed by atoms with Crippen LogP contribution in [0, 0.1) is 11.6 Å². The van der Waals surface area contributed by atoms with Gasteiger partial charge in [-0.25, -0.2) is 23.5 Å². The van der Waals surface area contributed by atoms with Gasteiger partial charge in [0.25, 0.3) is 5.91 Å². The normalized spacial score (nSPS) is 19.0. The molecule has 48 heavy (non-hydrogen) atoms. The molecule has 260 valence electrons. The zero-order chi connectivity index (χ0) is 34.8. The largest absolute Gasteiger partial charge is 0.444 e. The predicted molar refractivity (Wildman–Crippen MR) is 167 cm³/mol. The summed E-state index contributed by atoms with van der Waals surface area (Å²) in [7, 11) is 0. The first-order valence-corrected chi connectivity index (χ1v) is 15.9. The first-order valence-electron chi connectivity index (χ1n) is 15.9. The number of alkyl carbamates (subject to hydrolysis) is 1. The summed E-state index contributed by atoms with van der Waals surface area (Å²) in [5.41, 5.74) is -0.380. The molecule has 5 rings (SSSR count). The highest BCUT2D eigenvalue weighted by atomic mass is 19.3. The van der Waals surface area contributed by atoms with E-state index in [1.54, 1.807) is 35.5 Å². The predicted octanol–water partition coefficient (Wildman–Crippen LogP) is 5.27. The second-order valence-corrected chi connectivity index (χ2v) is 13.2. The number of anilines is 2. The molecule has 2 aliphatic heterocycles. The molecule has 1 aromatic carbocycles. The zero-order valence-corrected chi connectivity index (χ0v) is 27.6. The van der Waals surface area contributed by atoms with Crippen LogP contribution in [0.15, 0.2) is 35.1 Å². The van der Waals surface area contributed by atoms with E-state index in [0.717, 1.165) is 18.2 Å². The van der Waals surface area contributed by atoms with E-state index >= 15 is 0 Å². The van der Waals surface area contributed by atoms with Gasteiger partial charge in [0.2, 0.25) is 11.8 Å². The third-order valence-electron chi connectivity index (χ3n) is 8.26. The maximum atomic E-state index is 14.9. The van der Waals surface area contributed by atoms with Crippen molar-refractivity contribution in [3.8, 4) is 0 Å². The molecule has 0 aliphatic carbocycles. The fraction of sp³-hybridized carbons (Fsp3) is 0.562. The Balaban J connectivity index is 1.27. The van der Waals surface area contributed by atoms with Crippen LogP contribution in [-0.2, 0) is 10.7 Å². The van der Waals surface area contributed by atoms with Crippen molar-refractivity contribution in [3.63, 3.8) is 0 Å². The molecule has 3 aromatic rings. The number of halogens is 4. The van der Waals surface area contributed by atoms with Crippen molar-refractivity contribution in [2.45, 2.75) is 83.4 Å². The summed E-state index contributed by atoms with van der Waals surface area (Å²) in [6, 6.07) is 2.45. The van der Waals surface area contributed by atoms with E-state index in [-0.39, 0.29) is 48.1 Å². The Bertz CT molecular complexity index is 1590. The topological polar surface area (TPSA) is 130 Å². The molecule has 2 aromatic heterocycles. The van der Waals surface area contributed by atoms with Crippen molar-refractivity contribution in [1.82, 2.24) is 30.3 Å². The lowest BCUT2D eigenvalue weighted by atomic mass is 9.94. The maximum Gasteiger partial charge on any atom is 0.407 e. The van der Waals surface area contributed by atoms with Crippen LogP contribution in [0.25, 0.3) is 0 Å². The summed E-state index contributed by atoms with van der Waals surface area (Å²) < 4.78 is 66.6. The van der Waals surface area contributed by atoms with Gasteiger partial charge in [0.1, 0.15) is 17.2 Å². The van der Waals surface area contributed by atoms with Crippen LogP contribution >= 0.6 is 0 Å². The molecule has 0 spiro atoms. The van der Waals surface area contributed by atoms with Gasteiger partial charge in [0.05, 0.1) is 11.6 Å². The molecule has 2 aliphatic rings. The van der Waals surface area contributed by atoms with Crippen LogP contribution in [0.3, 0.4) is 0 Å². The maximum absolute atomic E-state index is 14.9. The molecular weight excluding hydrogens is 636 g/mol. The first-order chi connectivity index (χ1) is 22.6. The molecule has 12 nitrogen and oxygen atoms in total. The summed E-state index contributed by atoms with van der Waals surface area (Å²) in [5, 5.41) is 6.18. The molecule has 1 N–H and O–H groups in total. The summed E-state index contributed by atoms with van der Waals surface area (Å²) in [4.78, 5) is 44.3. The number of carbonyl (C=O) groups is 2. The van der Waals surface area contributed by atoms with Gasteiger partial charge in [-0.2, -0.15) is 13.8 Å². The highest BCUT2D eigenvalue weighted by Gasteiger charge is 2.39. The van der Waals surface area contributed by atoms with Crippen molar-refractivity contribution in [3.05, 3.63) is 59.2 Å². The van der Waals surface area contributed by atoms with Crippen molar-refractivity contribution in [2.75, 3.05) is 42.5 Å². The lowest BCUT2D eigenvalue weighted by molar-refractivity contribution is 0.00557. The van der Waals surface area contributed by atoms with Gasteiger partial charge in [-0.1, -0.05) is 12.1 Å². The van der Waals surface area contributed by atoms with Gasteiger partial charge in [-0.05, 0) is 63.8 Å². The summed E-state index contributed by atoms with van der Waals surface area (Å²) in [6.45, 7) is 9.56. The van der Waals surface area contributed by atoms with E-state index in [1.165, 1.54) is 12.4 Å². The molecule has 0 saturated carbocycles. The Morgan fingerprint density at radius 3 is 2.35 bits per heavy atom. The van der Waals surface area contributed by atoms with Gasteiger partial charge in [0.15, 0.2) is 0 Å². The van der Waals surface area contributed by atoms with Crippen LogP contribution < -0.4 is 15.1 Å². The SMILES string of the molecule is CCCN(C(=O)c1cnc(N2CC(NC(=O)OC(C)(C)C)C(c3cc(F)ccc3F)C2)nc1)C1CCN(c2nc(C(C)(F)F)no2)CC1. The molecule has 2 saturated heterocycles. The Hall–Kier alpha value is -4.50. The number of amides is 2. The van der Waals surface area contributed by atoms with E-state index in [1.807, 2.05) is 6.92 Å². The summed E-state index contributed by atoms with van der Waals surface area (Å²) >= 11 is 0. The third kappa shape index (κ3) is 8.13. The smallest absolute Gasteiger partial charge is 0.407 e. The highest BCUT2D eigenvalue weighted by Crippen LogP contribution is 2.33. The van der Waals surface area contributed by atoms with Gasteiger partial charge >= 0.3 is 18.0 Å². The molecular formula is C32H40F4N8O4. The highest BCUT2D eigenvalue weighted by molar-refractivity contribution is 5.94. The number of benzene rings is 1. The third-order valence-corrected chi connectivity index (χ3v) is 8.26. The van der Waals surface area contributed by atoms with E-state index in [4.69, 9.17) is 9.26 Å². The van der Waals surface area contributed by atoms with Crippen LogP contribution in [0.2, 0.25) is 0 Å². The number of hydrogen-bond donors (Lipinski definition) is 1. The minimum Gasteiger partial charge on any atom is -0.444 e. The van der Waals surface area contributed by atoms with Gasteiger partial charge in [-0.15, -0.1) is 0 Å². The fourth-order valence-corrected chi connectivity index (χ4v) is 6.03. The number of piperidine rings is 1. The molecule has 0 radical (unpaired) electrons. The number of hydrogen-bond acceptors (Lipinski definition) is 10. The van der Waals surface area contributed by atoms with E-state index < -0.39 is 47.0 Å². The Morgan fingerprint density at radius 1 is 1.06 bits per heavy atom. The van der Waals surface area contributed by atoms with Gasteiger partial charge < -0.3 is 29.3 Å². The van der Waals surface area contributed by atoms with Gasteiger partial charge in [0, 0.05) is 64.0 Å². The molecule has 2 fully saturated rings. The van der Waals surface area contributed by atoms with Crippen LogP contribution in [0.5, 0.6) is 0 Å². The zero-order valence-electron chi connectivity index (χ0n) is 27.6. The monoisotopic (exact) mass is 676 g/mol. The number of ether oxygens (including phenoxy) is 1.